The van der Waals surface area contributed by atoms with E-state index in [1.165, 1.54) is 0 Å². The van der Waals surface area contributed by atoms with Crippen molar-refractivity contribution in [2.24, 2.45) is 7.05 Å². The van der Waals surface area contributed by atoms with Gasteiger partial charge in [0.2, 0.25) is 0 Å². The Morgan fingerprint density at radius 1 is 1.47 bits per heavy atom. The molecular weight excluding hydrogens is 240 g/mol. The maximum absolute atomic E-state index is 10.5. The van der Waals surface area contributed by atoms with Gasteiger partial charge in [0.05, 0.1) is 22.0 Å². The van der Waals surface area contributed by atoms with E-state index in [2.05, 4.69) is 5.10 Å². The molecule has 0 saturated carbocycles. The molecule has 4 nitrogen and oxygen atoms in total. The normalized spacial score (nSPS) is 19.5. The molecule has 1 aliphatic rings. The van der Waals surface area contributed by atoms with Gasteiger partial charge in [-0.3, -0.25) is 4.68 Å². The second-order valence-corrected chi connectivity index (χ2v) is 5.08. The molecule has 0 spiro atoms. The van der Waals surface area contributed by atoms with Crippen molar-refractivity contribution in [3.05, 3.63) is 16.4 Å². The van der Waals surface area contributed by atoms with Crippen LogP contribution >= 0.6 is 11.6 Å². The van der Waals surface area contributed by atoms with E-state index < -0.39 is 5.60 Å². The van der Waals surface area contributed by atoms with Gasteiger partial charge in [0, 0.05) is 26.7 Å². The van der Waals surface area contributed by atoms with Crippen LogP contribution in [0.15, 0.2) is 0 Å². The van der Waals surface area contributed by atoms with Crippen molar-refractivity contribution in [1.29, 1.82) is 0 Å². The molecule has 1 aromatic rings. The number of ether oxygens (including phenoxy) is 1. The van der Waals surface area contributed by atoms with E-state index in [1.807, 2.05) is 14.0 Å². The van der Waals surface area contributed by atoms with Crippen LogP contribution in [-0.2, 0) is 24.6 Å². The molecule has 1 aromatic heterocycles. The first-order valence-corrected chi connectivity index (χ1v) is 6.44. The molecule has 0 aromatic carbocycles. The van der Waals surface area contributed by atoms with Crippen LogP contribution in [0.5, 0.6) is 0 Å². The molecule has 0 amide bonds. The summed E-state index contributed by atoms with van der Waals surface area (Å²) in [6.45, 7) is 3.26. The average molecular weight is 259 g/mol. The highest BCUT2D eigenvalue weighted by Crippen LogP contribution is 2.29. The summed E-state index contributed by atoms with van der Waals surface area (Å²) in [6.07, 6.45) is 2.69. The largest absolute Gasteiger partial charge is 0.389 e. The topological polar surface area (TPSA) is 47.3 Å². The number of hydrogen-bond acceptors (Lipinski definition) is 3. The van der Waals surface area contributed by atoms with Gasteiger partial charge in [-0.25, -0.2) is 0 Å². The van der Waals surface area contributed by atoms with E-state index in [1.54, 1.807) is 4.68 Å². The Morgan fingerprint density at radius 2 is 2.12 bits per heavy atom. The quantitative estimate of drug-likeness (QED) is 0.898. The summed E-state index contributed by atoms with van der Waals surface area (Å²) < 4.78 is 7.06. The highest BCUT2D eigenvalue weighted by molar-refractivity contribution is 6.31. The van der Waals surface area contributed by atoms with Gasteiger partial charge < -0.3 is 9.84 Å². The van der Waals surface area contributed by atoms with E-state index in [9.17, 15) is 5.11 Å². The minimum Gasteiger partial charge on any atom is -0.389 e. The number of rotatable bonds is 3. The van der Waals surface area contributed by atoms with E-state index in [4.69, 9.17) is 16.3 Å². The summed E-state index contributed by atoms with van der Waals surface area (Å²) in [5.74, 6) is 0. The summed E-state index contributed by atoms with van der Waals surface area (Å²) in [6, 6.07) is 0. The molecule has 1 aliphatic heterocycles. The minimum absolute atomic E-state index is 0.554. The van der Waals surface area contributed by atoms with Crippen molar-refractivity contribution in [3.63, 3.8) is 0 Å². The van der Waals surface area contributed by atoms with Crippen LogP contribution in [-0.4, -0.2) is 33.7 Å². The smallest absolute Gasteiger partial charge is 0.0850 e. The predicted molar refractivity (Wildman–Crippen MR) is 66.3 cm³/mol. The zero-order valence-electron chi connectivity index (χ0n) is 10.4. The van der Waals surface area contributed by atoms with E-state index in [0.29, 0.717) is 37.5 Å². The molecular formula is C12H19ClN2O2. The summed E-state index contributed by atoms with van der Waals surface area (Å²) in [5.41, 5.74) is 1.13. The van der Waals surface area contributed by atoms with Gasteiger partial charge >= 0.3 is 0 Å². The Kier molecular flexibility index (Phi) is 3.76. The minimum atomic E-state index is -0.694. The van der Waals surface area contributed by atoms with Crippen LogP contribution in [0, 0.1) is 0 Å². The second-order valence-electron chi connectivity index (χ2n) is 4.70. The third-order valence-corrected chi connectivity index (χ3v) is 3.86. The zero-order chi connectivity index (χ0) is 12.5. The summed E-state index contributed by atoms with van der Waals surface area (Å²) in [4.78, 5) is 0. The van der Waals surface area contributed by atoms with Crippen molar-refractivity contribution in [2.45, 2.75) is 38.2 Å². The number of halogens is 1. The fraction of sp³-hybridized carbons (Fsp3) is 0.750. The highest BCUT2D eigenvalue weighted by atomic mass is 35.5. The maximum atomic E-state index is 10.5. The Labute approximate surface area is 107 Å². The first-order valence-electron chi connectivity index (χ1n) is 6.06. The molecule has 1 saturated heterocycles. The first-order chi connectivity index (χ1) is 8.06. The van der Waals surface area contributed by atoms with Crippen LogP contribution in [0.1, 0.15) is 31.2 Å². The summed E-state index contributed by atoms with van der Waals surface area (Å²) in [7, 11) is 1.88. The fourth-order valence-electron chi connectivity index (χ4n) is 2.25. The Hall–Kier alpha value is -0.580. The number of aryl methyl sites for hydroxylation is 2. The van der Waals surface area contributed by atoms with E-state index in [0.717, 1.165) is 17.8 Å². The van der Waals surface area contributed by atoms with Crippen molar-refractivity contribution >= 4 is 11.6 Å². The van der Waals surface area contributed by atoms with Gasteiger partial charge in [0.1, 0.15) is 0 Å². The Morgan fingerprint density at radius 3 is 2.65 bits per heavy atom. The number of hydrogen-bond donors (Lipinski definition) is 1. The molecule has 1 fully saturated rings. The van der Waals surface area contributed by atoms with E-state index in [-0.39, 0.29) is 0 Å². The van der Waals surface area contributed by atoms with Gasteiger partial charge in [0.25, 0.3) is 0 Å². The Balaban J connectivity index is 2.20. The lowest BCUT2D eigenvalue weighted by Gasteiger charge is -2.32. The standard InChI is InChI=1S/C12H19ClN2O2/c1-3-9-11(13)10(15(2)14-9)8-12(16)4-6-17-7-5-12/h16H,3-8H2,1-2H3. The molecule has 0 unspecified atom stereocenters. The van der Waals surface area contributed by atoms with Gasteiger partial charge in [-0.15, -0.1) is 0 Å². The number of aromatic nitrogens is 2. The van der Waals surface area contributed by atoms with Crippen molar-refractivity contribution < 1.29 is 9.84 Å². The van der Waals surface area contributed by atoms with Crippen molar-refractivity contribution in [2.75, 3.05) is 13.2 Å². The van der Waals surface area contributed by atoms with Gasteiger partial charge in [-0.2, -0.15) is 5.10 Å². The monoisotopic (exact) mass is 258 g/mol. The summed E-state index contributed by atoms with van der Waals surface area (Å²) >= 11 is 6.29. The van der Waals surface area contributed by atoms with Crippen LogP contribution in [0.2, 0.25) is 5.02 Å². The highest BCUT2D eigenvalue weighted by Gasteiger charge is 2.32. The molecule has 0 bridgehead atoms. The third-order valence-electron chi connectivity index (χ3n) is 3.42. The van der Waals surface area contributed by atoms with Gasteiger partial charge in [-0.1, -0.05) is 18.5 Å². The molecule has 1 N–H and O–H groups in total. The van der Waals surface area contributed by atoms with Crippen LogP contribution in [0.4, 0.5) is 0 Å². The molecule has 0 atom stereocenters. The molecule has 0 radical (unpaired) electrons. The zero-order valence-corrected chi connectivity index (χ0v) is 11.1. The van der Waals surface area contributed by atoms with E-state index >= 15 is 0 Å². The lowest BCUT2D eigenvalue weighted by molar-refractivity contribution is -0.0634. The molecule has 0 aliphatic carbocycles. The molecule has 96 valence electrons. The number of nitrogens with zero attached hydrogens (tertiary/aromatic N) is 2. The fourth-order valence-corrected chi connectivity index (χ4v) is 2.61. The number of aliphatic hydroxyl groups is 1. The van der Waals surface area contributed by atoms with Crippen LogP contribution in [0.3, 0.4) is 0 Å². The molecule has 2 heterocycles. The van der Waals surface area contributed by atoms with Gasteiger partial charge in [0.15, 0.2) is 0 Å². The maximum Gasteiger partial charge on any atom is 0.0850 e. The summed E-state index contributed by atoms with van der Waals surface area (Å²) in [5, 5.41) is 15.5. The second kappa shape index (κ2) is 4.96. The first kappa shape index (κ1) is 12.9. The SMILES string of the molecule is CCc1nn(C)c(CC2(O)CCOCC2)c1Cl. The van der Waals surface area contributed by atoms with Crippen LogP contribution in [0.25, 0.3) is 0 Å². The average Bonchev–Trinajstić information content (AvgIpc) is 2.57. The molecule has 5 heteroatoms. The van der Waals surface area contributed by atoms with Crippen LogP contribution < -0.4 is 0 Å². The lowest BCUT2D eigenvalue weighted by Crippen LogP contribution is -2.38. The predicted octanol–water partition coefficient (Wildman–Crippen LogP) is 1.72. The van der Waals surface area contributed by atoms with Crippen molar-refractivity contribution in [1.82, 2.24) is 9.78 Å². The Bertz CT molecular complexity index is 397. The molecule has 17 heavy (non-hydrogen) atoms. The lowest BCUT2D eigenvalue weighted by atomic mass is 9.89. The third kappa shape index (κ3) is 2.64. The molecule has 2 rings (SSSR count). The van der Waals surface area contributed by atoms with Gasteiger partial charge in [-0.05, 0) is 19.3 Å². The van der Waals surface area contributed by atoms with Crippen molar-refractivity contribution in [3.8, 4) is 0 Å².